The van der Waals surface area contributed by atoms with E-state index in [4.69, 9.17) is 34.8 Å². The molecule has 0 amide bonds. The summed E-state index contributed by atoms with van der Waals surface area (Å²) in [6.45, 7) is 5.93. The Morgan fingerprint density at radius 2 is 1.31 bits per heavy atom. The van der Waals surface area contributed by atoms with Crippen molar-refractivity contribution < 1.29 is 0 Å². The van der Waals surface area contributed by atoms with Crippen LogP contribution in [0.3, 0.4) is 0 Å². The third-order valence-corrected chi connectivity index (χ3v) is 2.54. The van der Waals surface area contributed by atoms with Gasteiger partial charge in [0.1, 0.15) is 10.8 Å². The molecule has 0 N–H and O–H groups in total. The van der Waals surface area contributed by atoms with Crippen molar-refractivity contribution in [2.75, 3.05) is 0 Å². The van der Waals surface area contributed by atoms with Gasteiger partial charge in [-0.15, -0.1) is 0 Å². The highest BCUT2D eigenvalue weighted by molar-refractivity contribution is 6.46. The molecule has 0 spiro atoms. The van der Waals surface area contributed by atoms with Crippen LogP contribution in [-0.4, -0.2) is 9.97 Å². The van der Waals surface area contributed by atoms with Crippen molar-refractivity contribution in [3.05, 3.63) is 21.2 Å². The molecular weight excluding hydrogens is 230 g/mol. The van der Waals surface area contributed by atoms with Gasteiger partial charge in [-0.2, -0.15) is 0 Å². The predicted molar refractivity (Wildman–Crippen MR) is 55.8 cm³/mol. The van der Waals surface area contributed by atoms with Crippen molar-refractivity contribution in [3.63, 3.8) is 0 Å². The van der Waals surface area contributed by atoms with E-state index >= 15 is 0 Å². The molecular formula is C8H9Cl3N2. The van der Waals surface area contributed by atoms with Crippen LogP contribution in [0, 0.1) is 0 Å². The molecule has 0 saturated heterocycles. The number of nitrogens with zero attached hydrogens (tertiary/aromatic N) is 2. The van der Waals surface area contributed by atoms with Crippen LogP contribution in [0.5, 0.6) is 0 Å². The Kier molecular flexibility index (Phi) is 3.05. The summed E-state index contributed by atoms with van der Waals surface area (Å²) >= 11 is 17.2. The molecule has 1 aromatic rings. The highest BCUT2D eigenvalue weighted by Crippen LogP contribution is 2.29. The van der Waals surface area contributed by atoms with Crippen LogP contribution in [0.1, 0.15) is 26.6 Å². The van der Waals surface area contributed by atoms with E-state index in [1.54, 1.807) is 0 Å². The summed E-state index contributed by atoms with van der Waals surface area (Å²) in [7, 11) is 0. The zero-order valence-electron chi connectivity index (χ0n) is 7.53. The minimum Gasteiger partial charge on any atom is -0.219 e. The van der Waals surface area contributed by atoms with Gasteiger partial charge in [-0.25, -0.2) is 9.97 Å². The lowest BCUT2D eigenvalue weighted by Crippen LogP contribution is -2.16. The van der Waals surface area contributed by atoms with E-state index in [0.717, 1.165) is 0 Å². The van der Waals surface area contributed by atoms with Crippen LogP contribution < -0.4 is 0 Å². The minimum absolute atomic E-state index is 0.183. The molecule has 0 fully saturated rings. The summed E-state index contributed by atoms with van der Waals surface area (Å²) in [5.74, 6) is 0.590. The highest BCUT2D eigenvalue weighted by Gasteiger charge is 2.20. The van der Waals surface area contributed by atoms with E-state index in [9.17, 15) is 0 Å². The van der Waals surface area contributed by atoms with Crippen molar-refractivity contribution in [2.45, 2.75) is 26.2 Å². The largest absolute Gasteiger partial charge is 0.219 e. The standard InChI is InChI=1S/C8H9Cl3N2/c1-8(2,3)7-12-5(10)4(9)6(11)13-7/h1-3H3. The van der Waals surface area contributed by atoms with E-state index in [2.05, 4.69) is 9.97 Å². The lowest BCUT2D eigenvalue weighted by atomic mass is 9.96. The first-order valence-electron chi connectivity index (χ1n) is 3.71. The molecule has 0 radical (unpaired) electrons. The average molecular weight is 240 g/mol. The Morgan fingerprint density at radius 3 is 1.62 bits per heavy atom. The van der Waals surface area contributed by atoms with Crippen molar-refractivity contribution in [1.82, 2.24) is 9.97 Å². The van der Waals surface area contributed by atoms with E-state index < -0.39 is 0 Å². The Hall–Kier alpha value is -0.0500. The van der Waals surface area contributed by atoms with E-state index in [0.29, 0.717) is 5.82 Å². The number of hydrogen-bond acceptors (Lipinski definition) is 2. The van der Waals surface area contributed by atoms with Gasteiger partial charge in [0.25, 0.3) is 0 Å². The summed E-state index contributed by atoms with van der Waals surface area (Å²) in [4.78, 5) is 8.09. The SMILES string of the molecule is CC(C)(C)c1nc(Cl)c(Cl)c(Cl)n1. The number of rotatable bonds is 0. The predicted octanol–water partition coefficient (Wildman–Crippen LogP) is 3.73. The zero-order valence-corrected chi connectivity index (χ0v) is 9.80. The minimum atomic E-state index is -0.183. The van der Waals surface area contributed by atoms with Crippen LogP contribution in [0.2, 0.25) is 15.3 Å². The maximum absolute atomic E-state index is 5.76. The fraction of sp³-hybridized carbons (Fsp3) is 0.500. The van der Waals surface area contributed by atoms with Gasteiger partial charge >= 0.3 is 0 Å². The van der Waals surface area contributed by atoms with Crippen LogP contribution in [0.15, 0.2) is 0 Å². The molecule has 0 bridgehead atoms. The van der Waals surface area contributed by atoms with E-state index in [-0.39, 0.29) is 20.7 Å². The van der Waals surface area contributed by atoms with Crippen LogP contribution in [0.25, 0.3) is 0 Å². The lowest BCUT2D eigenvalue weighted by molar-refractivity contribution is 0.545. The van der Waals surface area contributed by atoms with Crippen molar-refractivity contribution in [1.29, 1.82) is 0 Å². The molecule has 5 heteroatoms. The summed E-state index contributed by atoms with van der Waals surface area (Å²) < 4.78 is 0. The molecule has 0 saturated carbocycles. The third kappa shape index (κ3) is 2.46. The fourth-order valence-corrected chi connectivity index (χ4v) is 1.20. The number of hydrogen-bond donors (Lipinski definition) is 0. The maximum atomic E-state index is 5.76. The van der Waals surface area contributed by atoms with Gasteiger partial charge in [0.15, 0.2) is 10.3 Å². The maximum Gasteiger partial charge on any atom is 0.152 e. The highest BCUT2D eigenvalue weighted by atomic mass is 35.5. The molecule has 1 heterocycles. The second kappa shape index (κ2) is 3.60. The molecule has 0 aromatic carbocycles. The molecule has 0 aliphatic rings. The van der Waals surface area contributed by atoms with Crippen LogP contribution >= 0.6 is 34.8 Å². The molecule has 0 aliphatic carbocycles. The van der Waals surface area contributed by atoms with Gasteiger partial charge in [0.2, 0.25) is 0 Å². The van der Waals surface area contributed by atoms with Gasteiger partial charge in [-0.05, 0) is 0 Å². The first-order valence-corrected chi connectivity index (χ1v) is 4.85. The van der Waals surface area contributed by atoms with Crippen LogP contribution in [-0.2, 0) is 5.41 Å². The molecule has 0 aliphatic heterocycles. The van der Waals surface area contributed by atoms with Gasteiger partial charge in [-0.3, -0.25) is 0 Å². The Morgan fingerprint density at radius 1 is 0.923 bits per heavy atom. The van der Waals surface area contributed by atoms with Gasteiger partial charge < -0.3 is 0 Å². The van der Waals surface area contributed by atoms with Crippen molar-refractivity contribution >= 4 is 34.8 Å². The molecule has 0 unspecified atom stereocenters. The van der Waals surface area contributed by atoms with E-state index in [1.165, 1.54) is 0 Å². The number of aromatic nitrogens is 2. The van der Waals surface area contributed by atoms with Gasteiger partial charge in [0, 0.05) is 5.41 Å². The molecule has 0 atom stereocenters. The average Bonchev–Trinajstić information content (AvgIpc) is 1.97. The molecule has 1 rings (SSSR count). The summed E-state index contributed by atoms with van der Waals surface area (Å²) in [6, 6.07) is 0. The normalized spacial score (nSPS) is 11.8. The van der Waals surface area contributed by atoms with E-state index in [1.807, 2.05) is 20.8 Å². The fourth-order valence-electron chi connectivity index (χ4n) is 0.730. The van der Waals surface area contributed by atoms with Crippen LogP contribution in [0.4, 0.5) is 0 Å². The molecule has 72 valence electrons. The van der Waals surface area contributed by atoms with Gasteiger partial charge in [0.05, 0.1) is 0 Å². The second-order valence-corrected chi connectivity index (χ2v) is 4.79. The Balaban J connectivity index is 3.29. The van der Waals surface area contributed by atoms with Gasteiger partial charge in [-0.1, -0.05) is 55.6 Å². The lowest BCUT2D eigenvalue weighted by Gasteiger charge is -2.16. The van der Waals surface area contributed by atoms with Crippen molar-refractivity contribution in [3.8, 4) is 0 Å². The Bertz CT molecular complexity index is 308. The first kappa shape index (κ1) is 11.0. The quantitative estimate of drug-likeness (QED) is 0.645. The zero-order chi connectivity index (χ0) is 10.2. The monoisotopic (exact) mass is 238 g/mol. The summed E-state index contributed by atoms with van der Waals surface area (Å²) in [6.07, 6.45) is 0. The second-order valence-electron chi connectivity index (χ2n) is 3.69. The van der Waals surface area contributed by atoms with Crippen molar-refractivity contribution in [2.24, 2.45) is 0 Å². The Labute approximate surface area is 92.2 Å². The first-order chi connectivity index (χ1) is 5.82. The summed E-state index contributed by atoms with van der Waals surface area (Å²) in [5, 5.41) is 0.606. The summed E-state index contributed by atoms with van der Waals surface area (Å²) in [5.41, 5.74) is -0.183. The molecule has 1 aromatic heterocycles. The topological polar surface area (TPSA) is 25.8 Å². The smallest absolute Gasteiger partial charge is 0.152 e. The third-order valence-electron chi connectivity index (χ3n) is 1.44. The molecule has 2 nitrogen and oxygen atoms in total. The number of halogens is 3. The molecule has 13 heavy (non-hydrogen) atoms.